The number of likely N-dealkylation sites (N-methyl/N-ethyl adjacent to an activating group) is 1. The third-order valence-electron chi connectivity index (χ3n) is 4.77. The second-order valence-electron chi connectivity index (χ2n) is 5.57. The van der Waals surface area contributed by atoms with Gasteiger partial charge in [0.2, 0.25) is 0 Å². The fraction of sp³-hybridized carbons (Fsp3) is 0.600. The first kappa shape index (κ1) is 12.0. The molecule has 0 aliphatic carbocycles. The quantitative estimate of drug-likeness (QED) is 0.867. The number of benzene rings is 1. The van der Waals surface area contributed by atoms with Crippen LogP contribution in [0.15, 0.2) is 24.3 Å². The van der Waals surface area contributed by atoms with Gasteiger partial charge in [0, 0.05) is 18.0 Å². The van der Waals surface area contributed by atoms with Gasteiger partial charge in [-0.05, 0) is 44.0 Å². The fourth-order valence-corrected chi connectivity index (χ4v) is 3.62. The summed E-state index contributed by atoms with van der Waals surface area (Å²) in [6.07, 6.45) is 3.20. The lowest BCUT2D eigenvalue weighted by molar-refractivity contribution is 0.0112. The van der Waals surface area contributed by atoms with Crippen molar-refractivity contribution in [2.45, 2.75) is 43.4 Å². The van der Waals surface area contributed by atoms with Crippen LogP contribution in [-0.2, 0) is 0 Å². The Labute approximate surface area is 108 Å². The van der Waals surface area contributed by atoms with Gasteiger partial charge in [0.25, 0.3) is 0 Å². The lowest BCUT2D eigenvalue weighted by Gasteiger charge is -2.40. The van der Waals surface area contributed by atoms with Gasteiger partial charge >= 0.3 is 0 Å². The number of hydrogen-bond acceptors (Lipinski definition) is 3. The number of piperidine rings is 1. The van der Waals surface area contributed by atoms with E-state index in [-0.39, 0.29) is 12.0 Å². The number of methoxy groups -OCH3 is 1. The molecule has 0 unspecified atom stereocenters. The van der Waals surface area contributed by atoms with E-state index in [4.69, 9.17) is 4.74 Å². The summed E-state index contributed by atoms with van der Waals surface area (Å²) in [6.45, 7) is 0. The van der Waals surface area contributed by atoms with E-state index < -0.39 is 0 Å². The van der Waals surface area contributed by atoms with Gasteiger partial charge in [-0.2, -0.15) is 0 Å². The number of fused-ring (bicyclic) bond motifs is 2. The fourth-order valence-electron chi connectivity index (χ4n) is 3.62. The van der Waals surface area contributed by atoms with Gasteiger partial charge in [-0.15, -0.1) is 0 Å². The Morgan fingerprint density at radius 2 is 1.94 bits per heavy atom. The Bertz CT molecular complexity index is 417. The van der Waals surface area contributed by atoms with E-state index in [2.05, 4.69) is 24.1 Å². The van der Waals surface area contributed by atoms with E-state index in [1.54, 1.807) is 7.11 Å². The lowest BCUT2D eigenvalue weighted by Crippen LogP contribution is -2.48. The zero-order valence-corrected chi connectivity index (χ0v) is 11.0. The van der Waals surface area contributed by atoms with Crippen LogP contribution in [0, 0.1) is 0 Å². The minimum Gasteiger partial charge on any atom is -0.497 e. The van der Waals surface area contributed by atoms with Crippen molar-refractivity contribution in [3.05, 3.63) is 29.8 Å². The average Bonchev–Trinajstić information content (AvgIpc) is 2.66. The summed E-state index contributed by atoms with van der Waals surface area (Å²) in [5.74, 6) is 1.16. The van der Waals surface area contributed by atoms with Crippen molar-refractivity contribution in [1.29, 1.82) is 0 Å². The van der Waals surface area contributed by atoms with Crippen molar-refractivity contribution in [3.8, 4) is 5.75 Å². The average molecular weight is 247 g/mol. The number of rotatable bonds is 2. The minimum absolute atomic E-state index is 0.234. The maximum absolute atomic E-state index is 10.5. The van der Waals surface area contributed by atoms with Crippen LogP contribution >= 0.6 is 0 Å². The molecule has 4 atom stereocenters. The Hall–Kier alpha value is -1.06. The van der Waals surface area contributed by atoms with Gasteiger partial charge in [0.15, 0.2) is 0 Å². The van der Waals surface area contributed by atoms with Crippen LogP contribution in [0.4, 0.5) is 0 Å². The molecule has 0 amide bonds. The second kappa shape index (κ2) is 4.56. The van der Waals surface area contributed by atoms with Crippen molar-refractivity contribution in [2.75, 3.05) is 14.2 Å². The summed E-state index contributed by atoms with van der Waals surface area (Å²) in [5.41, 5.74) is 1.24. The molecule has 18 heavy (non-hydrogen) atoms. The Morgan fingerprint density at radius 3 is 2.61 bits per heavy atom. The van der Waals surface area contributed by atoms with E-state index in [1.807, 2.05) is 12.1 Å². The van der Waals surface area contributed by atoms with Crippen LogP contribution in [0.3, 0.4) is 0 Å². The largest absolute Gasteiger partial charge is 0.497 e. The number of aliphatic hydroxyl groups excluding tert-OH is 1. The molecule has 1 aromatic carbocycles. The summed E-state index contributed by atoms with van der Waals surface area (Å²) in [4.78, 5) is 2.37. The molecule has 0 aromatic heterocycles. The topological polar surface area (TPSA) is 32.7 Å². The number of hydrogen-bond donors (Lipinski definition) is 1. The van der Waals surface area contributed by atoms with Gasteiger partial charge in [-0.25, -0.2) is 0 Å². The molecule has 98 valence electrons. The molecule has 3 rings (SSSR count). The molecule has 2 fully saturated rings. The van der Waals surface area contributed by atoms with Gasteiger partial charge in [-0.3, -0.25) is 4.90 Å². The van der Waals surface area contributed by atoms with Crippen LogP contribution in [0.1, 0.15) is 30.7 Å². The first-order valence-electron chi connectivity index (χ1n) is 6.74. The maximum Gasteiger partial charge on any atom is 0.118 e. The SMILES string of the molecule is COc1ccc([C@@H]2C[C@@H]3CC[C@H]([C@@H]2O)N3C)cc1. The zero-order valence-electron chi connectivity index (χ0n) is 11.0. The molecular formula is C15H21NO2. The Balaban J connectivity index is 1.83. The van der Waals surface area contributed by atoms with Crippen LogP contribution < -0.4 is 4.74 Å². The van der Waals surface area contributed by atoms with E-state index in [0.717, 1.165) is 18.6 Å². The standard InChI is InChI=1S/C15H21NO2/c1-16-11-5-8-14(16)15(17)13(9-11)10-3-6-12(18-2)7-4-10/h3-4,6-7,11,13-15,17H,5,8-9H2,1-2H3/t11-,13-,14+,15+/m0/s1. The lowest BCUT2D eigenvalue weighted by atomic mass is 9.83. The van der Waals surface area contributed by atoms with Crippen molar-refractivity contribution in [3.63, 3.8) is 0 Å². The third kappa shape index (κ3) is 1.82. The molecule has 2 saturated heterocycles. The molecule has 0 spiro atoms. The summed E-state index contributed by atoms with van der Waals surface area (Å²) in [6, 6.07) is 9.15. The predicted octanol–water partition coefficient (Wildman–Crippen LogP) is 2.01. The first-order chi connectivity index (χ1) is 8.70. The molecule has 1 aromatic rings. The summed E-state index contributed by atoms with van der Waals surface area (Å²) < 4.78 is 5.18. The number of ether oxygens (including phenoxy) is 1. The third-order valence-corrected chi connectivity index (χ3v) is 4.77. The van der Waals surface area contributed by atoms with Crippen LogP contribution in [0.25, 0.3) is 0 Å². The molecule has 3 heteroatoms. The smallest absolute Gasteiger partial charge is 0.118 e. The van der Waals surface area contributed by atoms with Crippen LogP contribution in [-0.4, -0.2) is 42.4 Å². The van der Waals surface area contributed by atoms with Crippen molar-refractivity contribution in [2.24, 2.45) is 0 Å². The Kier molecular flexibility index (Phi) is 3.04. The monoisotopic (exact) mass is 247 g/mol. The number of nitrogens with zero attached hydrogens (tertiary/aromatic N) is 1. The van der Waals surface area contributed by atoms with Crippen LogP contribution in [0.2, 0.25) is 0 Å². The molecular weight excluding hydrogens is 226 g/mol. The maximum atomic E-state index is 10.5. The predicted molar refractivity (Wildman–Crippen MR) is 70.9 cm³/mol. The summed E-state index contributed by atoms with van der Waals surface area (Å²) in [5, 5.41) is 10.5. The number of aliphatic hydroxyl groups is 1. The van der Waals surface area contributed by atoms with E-state index in [1.165, 1.54) is 12.0 Å². The molecule has 0 radical (unpaired) electrons. The van der Waals surface area contributed by atoms with Gasteiger partial charge < -0.3 is 9.84 Å². The van der Waals surface area contributed by atoms with Crippen molar-refractivity contribution < 1.29 is 9.84 Å². The highest BCUT2D eigenvalue weighted by molar-refractivity contribution is 5.31. The molecule has 2 bridgehead atoms. The molecule has 2 aliphatic heterocycles. The molecule has 0 saturated carbocycles. The van der Waals surface area contributed by atoms with Gasteiger partial charge in [-0.1, -0.05) is 12.1 Å². The molecule has 2 aliphatic rings. The summed E-state index contributed by atoms with van der Waals surface area (Å²) >= 11 is 0. The Morgan fingerprint density at radius 1 is 1.22 bits per heavy atom. The van der Waals surface area contributed by atoms with E-state index in [9.17, 15) is 5.11 Å². The highest BCUT2D eigenvalue weighted by Gasteiger charge is 2.45. The molecule has 2 heterocycles. The first-order valence-corrected chi connectivity index (χ1v) is 6.74. The van der Waals surface area contributed by atoms with E-state index in [0.29, 0.717) is 12.1 Å². The minimum atomic E-state index is -0.234. The normalized spacial score (nSPS) is 35.7. The van der Waals surface area contributed by atoms with Crippen molar-refractivity contribution in [1.82, 2.24) is 4.90 Å². The highest BCUT2D eigenvalue weighted by Crippen LogP contribution is 2.42. The zero-order chi connectivity index (χ0) is 12.7. The van der Waals surface area contributed by atoms with E-state index >= 15 is 0 Å². The summed E-state index contributed by atoms with van der Waals surface area (Å²) in [7, 11) is 3.83. The van der Waals surface area contributed by atoms with Crippen LogP contribution in [0.5, 0.6) is 5.75 Å². The van der Waals surface area contributed by atoms with Gasteiger partial charge in [0.1, 0.15) is 5.75 Å². The highest BCUT2D eigenvalue weighted by atomic mass is 16.5. The van der Waals surface area contributed by atoms with Gasteiger partial charge in [0.05, 0.1) is 13.2 Å². The molecule has 1 N–H and O–H groups in total. The van der Waals surface area contributed by atoms with Crippen molar-refractivity contribution >= 4 is 0 Å². The second-order valence-corrected chi connectivity index (χ2v) is 5.57. The molecule has 3 nitrogen and oxygen atoms in total.